The third-order valence-electron chi connectivity index (χ3n) is 3.58. The largest absolute Gasteiger partial charge is 0.454 e. The molecule has 3 heterocycles. The number of nitrogens with zero attached hydrogens (tertiary/aromatic N) is 3. The summed E-state index contributed by atoms with van der Waals surface area (Å²) in [6, 6.07) is 5.67. The highest BCUT2D eigenvalue weighted by Gasteiger charge is 2.37. The molecule has 23 heavy (non-hydrogen) atoms. The van der Waals surface area contributed by atoms with Crippen LogP contribution in [-0.2, 0) is 17.8 Å². The second-order valence-corrected chi connectivity index (χ2v) is 7.53. The molecule has 6 nitrogen and oxygen atoms in total. The summed E-state index contributed by atoms with van der Waals surface area (Å²) in [5, 5.41) is 5.63. The van der Waals surface area contributed by atoms with Crippen molar-refractivity contribution in [1.29, 1.82) is 0 Å². The number of amides is 1. The molecule has 1 unspecified atom stereocenters. The van der Waals surface area contributed by atoms with Crippen LogP contribution in [0.4, 0.5) is 0 Å². The predicted molar refractivity (Wildman–Crippen MR) is 90.7 cm³/mol. The van der Waals surface area contributed by atoms with Crippen LogP contribution in [0, 0.1) is 0 Å². The number of hydrogen-bond donors (Lipinski definition) is 0. The Kier molecular flexibility index (Phi) is 3.92. The smallest absolute Gasteiger partial charge is 0.242 e. The predicted octanol–water partition coefficient (Wildman–Crippen LogP) is 2.24. The van der Waals surface area contributed by atoms with Crippen molar-refractivity contribution < 1.29 is 14.3 Å². The first-order valence-corrected chi connectivity index (χ1v) is 8.99. The van der Waals surface area contributed by atoms with Gasteiger partial charge in [0.15, 0.2) is 11.5 Å². The second-order valence-electron chi connectivity index (χ2n) is 5.08. The number of aromatic nitrogens is 2. The van der Waals surface area contributed by atoms with Gasteiger partial charge in [0.1, 0.15) is 4.32 Å². The number of carbonyl (C=O) groups excluding carboxylic acids is 1. The van der Waals surface area contributed by atoms with Gasteiger partial charge in [0, 0.05) is 11.8 Å². The van der Waals surface area contributed by atoms with Crippen molar-refractivity contribution >= 4 is 45.7 Å². The number of fused-ring (bicyclic) bond motifs is 1. The molecular formula is C14H11N3O3S3. The Balaban J connectivity index is 1.48. The maximum Gasteiger partial charge on any atom is 0.242 e. The Hall–Kier alpha value is -1.71. The van der Waals surface area contributed by atoms with Crippen molar-refractivity contribution in [3.8, 4) is 11.5 Å². The monoisotopic (exact) mass is 365 g/mol. The van der Waals surface area contributed by atoms with Crippen LogP contribution in [0.15, 0.2) is 23.6 Å². The normalized spacial score (nSPS) is 19.7. The van der Waals surface area contributed by atoms with Gasteiger partial charge in [-0.15, -0.1) is 5.10 Å². The summed E-state index contributed by atoms with van der Waals surface area (Å²) in [6.45, 7) is 0.673. The molecule has 1 aromatic heterocycles. The number of benzene rings is 1. The van der Waals surface area contributed by atoms with Gasteiger partial charge in [0.05, 0.1) is 17.5 Å². The average Bonchev–Trinajstić information content (AvgIpc) is 3.25. The van der Waals surface area contributed by atoms with Crippen LogP contribution in [0.1, 0.15) is 11.3 Å². The molecule has 1 fully saturated rings. The molecule has 0 aliphatic carbocycles. The molecular weight excluding hydrogens is 354 g/mol. The van der Waals surface area contributed by atoms with Gasteiger partial charge < -0.3 is 9.47 Å². The standard InChI is InChI=1S/C14H11N3O3S3/c18-13-12(4-9-6-22-16-15-9)23-14(21)17(13)5-8-1-2-10-11(3-8)20-7-19-10/h1-3,6,12H,4-5,7H2. The Morgan fingerprint density at radius 2 is 2.22 bits per heavy atom. The van der Waals surface area contributed by atoms with Crippen molar-refractivity contribution in [1.82, 2.24) is 14.5 Å². The summed E-state index contributed by atoms with van der Waals surface area (Å²) < 4.78 is 15.1. The van der Waals surface area contributed by atoms with E-state index in [1.54, 1.807) is 4.90 Å². The Morgan fingerprint density at radius 3 is 3.04 bits per heavy atom. The molecule has 4 rings (SSSR count). The van der Waals surface area contributed by atoms with Crippen molar-refractivity contribution in [2.45, 2.75) is 18.2 Å². The van der Waals surface area contributed by atoms with Crippen molar-refractivity contribution in [2.75, 3.05) is 6.79 Å². The fraction of sp³-hybridized carbons (Fsp3) is 0.286. The zero-order valence-corrected chi connectivity index (χ0v) is 14.2. The fourth-order valence-electron chi connectivity index (χ4n) is 2.46. The van der Waals surface area contributed by atoms with E-state index in [4.69, 9.17) is 21.7 Å². The van der Waals surface area contributed by atoms with Gasteiger partial charge in [-0.1, -0.05) is 34.5 Å². The van der Waals surface area contributed by atoms with Crippen LogP contribution in [0.2, 0.25) is 0 Å². The first-order chi connectivity index (χ1) is 11.2. The van der Waals surface area contributed by atoms with E-state index >= 15 is 0 Å². The zero-order valence-electron chi connectivity index (χ0n) is 11.8. The molecule has 2 aromatic rings. The number of rotatable bonds is 4. The molecule has 1 saturated heterocycles. The van der Waals surface area contributed by atoms with E-state index in [0.29, 0.717) is 23.0 Å². The second kappa shape index (κ2) is 6.06. The fourth-order valence-corrected chi connectivity index (χ4v) is 4.43. The van der Waals surface area contributed by atoms with Crippen molar-refractivity contribution in [3.63, 3.8) is 0 Å². The lowest BCUT2D eigenvalue weighted by molar-refractivity contribution is -0.126. The van der Waals surface area contributed by atoms with E-state index in [9.17, 15) is 4.79 Å². The van der Waals surface area contributed by atoms with Crippen molar-refractivity contribution in [2.24, 2.45) is 0 Å². The summed E-state index contributed by atoms with van der Waals surface area (Å²) >= 11 is 8.07. The van der Waals surface area contributed by atoms with Gasteiger partial charge in [0.2, 0.25) is 12.7 Å². The molecule has 0 N–H and O–H groups in total. The summed E-state index contributed by atoms with van der Waals surface area (Å²) in [5.74, 6) is 1.45. The minimum atomic E-state index is -0.222. The number of hydrogen-bond acceptors (Lipinski definition) is 8. The molecule has 1 amide bonds. The number of ether oxygens (including phenoxy) is 2. The summed E-state index contributed by atoms with van der Waals surface area (Å²) in [5.41, 5.74) is 1.79. The van der Waals surface area contributed by atoms with Crippen LogP contribution in [0.25, 0.3) is 0 Å². The highest BCUT2D eigenvalue weighted by Crippen LogP contribution is 2.35. The Morgan fingerprint density at radius 1 is 1.35 bits per heavy atom. The molecule has 0 spiro atoms. The minimum Gasteiger partial charge on any atom is -0.454 e. The van der Waals surface area contributed by atoms with Gasteiger partial charge in [-0.2, -0.15) is 0 Å². The molecule has 9 heteroatoms. The lowest BCUT2D eigenvalue weighted by atomic mass is 10.1. The Bertz CT molecular complexity index is 766. The van der Waals surface area contributed by atoms with E-state index < -0.39 is 0 Å². The van der Waals surface area contributed by atoms with E-state index in [2.05, 4.69) is 9.59 Å². The van der Waals surface area contributed by atoms with Gasteiger partial charge in [0.25, 0.3) is 0 Å². The van der Waals surface area contributed by atoms with Crippen molar-refractivity contribution in [3.05, 3.63) is 34.8 Å². The summed E-state index contributed by atoms with van der Waals surface area (Å²) in [6.07, 6.45) is 0.553. The van der Waals surface area contributed by atoms with E-state index in [-0.39, 0.29) is 18.0 Å². The number of carbonyl (C=O) groups is 1. The zero-order chi connectivity index (χ0) is 15.8. The topological polar surface area (TPSA) is 64.6 Å². The number of thiocarbonyl (C=S) groups is 1. The van der Waals surface area contributed by atoms with Gasteiger partial charge >= 0.3 is 0 Å². The maximum atomic E-state index is 12.6. The third kappa shape index (κ3) is 2.91. The van der Waals surface area contributed by atoms with Gasteiger partial charge in [-0.05, 0) is 29.2 Å². The van der Waals surface area contributed by atoms with Crippen LogP contribution in [0.3, 0.4) is 0 Å². The molecule has 118 valence electrons. The van der Waals surface area contributed by atoms with Crippen LogP contribution in [-0.4, -0.2) is 36.8 Å². The van der Waals surface area contributed by atoms with Gasteiger partial charge in [-0.25, -0.2) is 0 Å². The maximum absolute atomic E-state index is 12.6. The summed E-state index contributed by atoms with van der Waals surface area (Å²) in [4.78, 5) is 14.2. The molecule has 0 bridgehead atoms. The molecule has 2 aliphatic rings. The summed E-state index contributed by atoms with van der Waals surface area (Å²) in [7, 11) is 0. The SMILES string of the molecule is O=C1C(Cc2csnn2)SC(=S)N1Cc1ccc2c(c1)OCO2. The lowest BCUT2D eigenvalue weighted by Gasteiger charge is -2.15. The minimum absolute atomic E-state index is 0.0191. The Labute approximate surface area is 145 Å². The van der Waals surface area contributed by atoms with E-state index in [0.717, 1.165) is 17.0 Å². The first kappa shape index (κ1) is 14.9. The average molecular weight is 365 g/mol. The van der Waals surface area contributed by atoms with E-state index in [1.807, 2.05) is 23.6 Å². The molecule has 0 saturated carbocycles. The number of thioether (sulfide) groups is 1. The highest BCUT2D eigenvalue weighted by atomic mass is 32.2. The quantitative estimate of drug-likeness (QED) is 0.770. The van der Waals surface area contributed by atoms with E-state index in [1.165, 1.54) is 23.3 Å². The molecule has 1 atom stereocenters. The lowest BCUT2D eigenvalue weighted by Crippen LogP contribution is -2.31. The van der Waals surface area contributed by atoms with Crippen LogP contribution in [0.5, 0.6) is 11.5 Å². The molecule has 1 aromatic carbocycles. The highest BCUT2D eigenvalue weighted by molar-refractivity contribution is 8.24. The third-order valence-corrected chi connectivity index (χ3v) is 5.72. The van der Waals surface area contributed by atoms with Crippen LogP contribution >= 0.6 is 35.5 Å². The first-order valence-electron chi connectivity index (χ1n) is 6.87. The molecule has 2 aliphatic heterocycles. The van der Waals surface area contributed by atoms with Gasteiger partial charge in [-0.3, -0.25) is 9.69 Å². The molecule has 0 radical (unpaired) electrons. The van der Waals surface area contributed by atoms with Crippen LogP contribution < -0.4 is 9.47 Å².